The minimum absolute atomic E-state index is 0.259. The van der Waals surface area contributed by atoms with E-state index in [-0.39, 0.29) is 6.10 Å². The van der Waals surface area contributed by atoms with Crippen LogP contribution in [0.3, 0.4) is 0 Å². The van der Waals surface area contributed by atoms with E-state index in [9.17, 15) is 0 Å². The predicted octanol–water partition coefficient (Wildman–Crippen LogP) is 3.53. The maximum absolute atomic E-state index is 6.02. The van der Waals surface area contributed by atoms with Gasteiger partial charge in [-0.1, -0.05) is 18.2 Å². The highest BCUT2D eigenvalue weighted by molar-refractivity contribution is 5.81. The van der Waals surface area contributed by atoms with Gasteiger partial charge in [-0.2, -0.15) is 0 Å². The number of benzene rings is 2. The third-order valence-electron chi connectivity index (χ3n) is 4.19. The predicted molar refractivity (Wildman–Crippen MR) is 92.4 cm³/mol. The summed E-state index contributed by atoms with van der Waals surface area (Å²) in [4.78, 5) is 16.2. The number of ether oxygens (including phenoxy) is 2. The lowest BCUT2D eigenvalue weighted by Gasteiger charge is -2.24. The fraction of sp³-hybridized carbons (Fsp3) is 0.105. The van der Waals surface area contributed by atoms with Crippen LogP contribution in [0.25, 0.3) is 22.3 Å². The van der Waals surface area contributed by atoms with Crippen molar-refractivity contribution in [2.24, 2.45) is 0 Å². The minimum Gasteiger partial charge on any atom is -0.485 e. The zero-order valence-corrected chi connectivity index (χ0v) is 13.2. The average molecular weight is 330 g/mol. The summed E-state index contributed by atoms with van der Waals surface area (Å²) in [5, 5.41) is 0. The highest BCUT2D eigenvalue weighted by Crippen LogP contribution is 2.35. The lowest BCUT2D eigenvalue weighted by Crippen LogP contribution is -2.22. The van der Waals surface area contributed by atoms with Gasteiger partial charge in [-0.3, -0.25) is 0 Å². The van der Waals surface area contributed by atoms with Crippen LogP contribution in [0.15, 0.2) is 61.1 Å². The molecule has 0 spiro atoms. The molecule has 1 aliphatic rings. The standard InChI is InChI=1S/C19H14N4O2/c1-2-4-17-16(3-1)24-10-18(25-17)19-22-14-6-5-12(9-15(14)23-19)13-7-8-20-11-21-13/h1-9,11,18H,10H2,(H,22,23). The van der Waals surface area contributed by atoms with Crippen molar-refractivity contribution < 1.29 is 9.47 Å². The zero-order chi connectivity index (χ0) is 16.6. The molecule has 0 bridgehead atoms. The molecule has 6 heteroatoms. The molecule has 2 aromatic carbocycles. The number of H-pyrrole nitrogens is 1. The van der Waals surface area contributed by atoms with Gasteiger partial charge in [0.25, 0.3) is 0 Å². The van der Waals surface area contributed by atoms with Crippen molar-refractivity contribution >= 4 is 11.0 Å². The molecule has 0 radical (unpaired) electrons. The molecule has 1 aliphatic heterocycles. The summed E-state index contributed by atoms with van der Waals surface area (Å²) in [5.41, 5.74) is 3.71. The van der Waals surface area contributed by atoms with Crippen molar-refractivity contribution in [3.63, 3.8) is 0 Å². The number of imidazole rings is 1. The first-order valence-electron chi connectivity index (χ1n) is 8.01. The molecule has 0 fully saturated rings. The number of rotatable bonds is 2. The Morgan fingerprint density at radius 3 is 2.84 bits per heavy atom. The van der Waals surface area contributed by atoms with Gasteiger partial charge in [-0.05, 0) is 30.3 Å². The maximum atomic E-state index is 6.02. The van der Waals surface area contributed by atoms with Crippen LogP contribution in [-0.4, -0.2) is 26.5 Å². The number of aromatic nitrogens is 4. The summed E-state index contributed by atoms with van der Waals surface area (Å²) < 4.78 is 11.8. The number of hydrogen-bond donors (Lipinski definition) is 1. The van der Waals surface area contributed by atoms with E-state index in [1.807, 2.05) is 48.5 Å². The molecule has 2 aromatic heterocycles. The average Bonchev–Trinajstić information content (AvgIpc) is 3.11. The molecular weight excluding hydrogens is 316 g/mol. The molecule has 1 N–H and O–H groups in total. The summed E-state index contributed by atoms with van der Waals surface area (Å²) in [6.45, 7) is 0.426. The number of hydrogen-bond acceptors (Lipinski definition) is 5. The SMILES string of the molecule is c1ccc2c(c1)OCC(c1nc3ccc(-c4ccncn4)cc3[nH]1)O2. The summed E-state index contributed by atoms with van der Waals surface area (Å²) in [5.74, 6) is 2.26. The number of nitrogens with one attached hydrogen (secondary N) is 1. The van der Waals surface area contributed by atoms with Crippen molar-refractivity contribution in [1.29, 1.82) is 0 Å². The molecule has 6 nitrogen and oxygen atoms in total. The van der Waals surface area contributed by atoms with Crippen molar-refractivity contribution in [2.75, 3.05) is 6.61 Å². The molecule has 1 atom stereocenters. The molecule has 0 amide bonds. The van der Waals surface area contributed by atoms with Crippen LogP contribution >= 0.6 is 0 Å². The van der Waals surface area contributed by atoms with E-state index in [1.54, 1.807) is 12.5 Å². The first-order chi connectivity index (χ1) is 12.4. The van der Waals surface area contributed by atoms with Crippen LogP contribution in [0.5, 0.6) is 11.5 Å². The second-order valence-electron chi connectivity index (χ2n) is 5.81. The van der Waals surface area contributed by atoms with Crippen LogP contribution in [0.4, 0.5) is 0 Å². The van der Waals surface area contributed by atoms with E-state index in [2.05, 4.69) is 19.9 Å². The van der Waals surface area contributed by atoms with Crippen molar-refractivity contribution in [1.82, 2.24) is 19.9 Å². The quantitative estimate of drug-likeness (QED) is 0.609. The van der Waals surface area contributed by atoms with Crippen molar-refractivity contribution in [2.45, 2.75) is 6.10 Å². The Morgan fingerprint density at radius 2 is 1.96 bits per heavy atom. The van der Waals surface area contributed by atoms with E-state index >= 15 is 0 Å². The lowest BCUT2D eigenvalue weighted by molar-refractivity contribution is 0.0859. The Hall–Kier alpha value is -3.41. The topological polar surface area (TPSA) is 72.9 Å². The Kier molecular flexibility index (Phi) is 3.13. The third kappa shape index (κ3) is 2.48. The van der Waals surface area contributed by atoms with Gasteiger partial charge in [-0.15, -0.1) is 0 Å². The van der Waals surface area contributed by atoms with E-state index in [0.29, 0.717) is 6.61 Å². The number of nitrogens with zero attached hydrogens (tertiary/aromatic N) is 3. The monoisotopic (exact) mass is 330 g/mol. The highest BCUT2D eigenvalue weighted by atomic mass is 16.6. The molecule has 4 aromatic rings. The minimum atomic E-state index is -0.259. The first kappa shape index (κ1) is 14.0. The van der Waals surface area contributed by atoms with Crippen LogP contribution in [-0.2, 0) is 0 Å². The molecule has 0 saturated carbocycles. The highest BCUT2D eigenvalue weighted by Gasteiger charge is 2.25. The van der Waals surface area contributed by atoms with Gasteiger partial charge in [0, 0.05) is 11.8 Å². The maximum Gasteiger partial charge on any atom is 0.190 e. The van der Waals surface area contributed by atoms with Crippen molar-refractivity contribution in [3.8, 4) is 22.8 Å². The van der Waals surface area contributed by atoms with Gasteiger partial charge in [0.15, 0.2) is 23.4 Å². The van der Waals surface area contributed by atoms with E-state index in [1.165, 1.54) is 0 Å². The largest absolute Gasteiger partial charge is 0.485 e. The zero-order valence-electron chi connectivity index (χ0n) is 13.2. The second-order valence-corrected chi connectivity index (χ2v) is 5.81. The van der Waals surface area contributed by atoms with Gasteiger partial charge in [0.05, 0.1) is 16.7 Å². The van der Waals surface area contributed by atoms with Gasteiger partial charge in [-0.25, -0.2) is 15.0 Å². The van der Waals surface area contributed by atoms with Crippen LogP contribution in [0, 0.1) is 0 Å². The second kappa shape index (κ2) is 5.59. The number of aromatic amines is 1. The molecule has 0 aliphatic carbocycles. The van der Waals surface area contributed by atoms with Crippen LogP contribution in [0.2, 0.25) is 0 Å². The lowest BCUT2D eigenvalue weighted by atomic mass is 10.1. The summed E-state index contributed by atoms with van der Waals surface area (Å²) in [6.07, 6.45) is 3.02. The number of fused-ring (bicyclic) bond motifs is 2. The number of para-hydroxylation sites is 2. The van der Waals surface area contributed by atoms with E-state index < -0.39 is 0 Å². The van der Waals surface area contributed by atoms with E-state index in [0.717, 1.165) is 39.6 Å². The molecule has 3 heterocycles. The summed E-state index contributed by atoms with van der Waals surface area (Å²) in [6, 6.07) is 15.6. The smallest absolute Gasteiger partial charge is 0.190 e. The van der Waals surface area contributed by atoms with Crippen LogP contribution < -0.4 is 9.47 Å². The third-order valence-corrected chi connectivity index (χ3v) is 4.19. The van der Waals surface area contributed by atoms with Gasteiger partial charge < -0.3 is 14.5 Å². The normalized spacial score (nSPS) is 16.1. The van der Waals surface area contributed by atoms with Gasteiger partial charge >= 0.3 is 0 Å². The summed E-state index contributed by atoms with van der Waals surface area (Å²) in [7, 11) is 0. The molecule has 122 valence electrons. The van der Waals surface area contributed by atoms with Gasteiger partial charge in [0.1, 0.15) is 12.9 Å². The molecule has 0 saturated heterocycles. The van der Waals surface area contributed by atoms with Crippen molar-refractivity contribution in [3.05, 3.63) is 66.9 Å². The van der Waals surface area contributed by atoms with E-state index in [4.69, 9.17) is 9.47 Å². The molecule has 25 heavy (non-hydrogen) atoms. The van der Waals surface area contributed by atoms with Gasteiger partial charge in [0.2, 0.25) is 0 Å². The first-order valence-corrected chi connectivity index (χ1v) is 8.01. The molecular formula is C19H14N4O2. The Labute approximate surface area is 143 Å². The Morgan fingerprint density at radius 1 is 1.04 bits per heavy atom. The fourth-order valence-electron chi connectivity index (χ4n) is 2.96. The van der Waals surface area contributed by atoms with Crippen LogP contribution in [0.1, 0.15) is 11.9 Å². The molecule has 5 rings (SSSR count). The Balaban J connectivity index is 1.49. The molecule has 1 unspecified atom stereocenters. The summed E-state index contributed by atoms with van der Waals surface area (Å²) >= 11 is 0. The Bertz CT molecular complexity index is 1050. The fourth-order valence-corrected chi connectivity index (χ4v) is 2.96.